The Morgan fingerprint density at radius 1 is 0.735 bits per heavy atom. The van der Waals surface area contributed by atoms with E-state index in [2.05, 4.69) is 41.3 Å². The van der Waals surface area contributed by atoms with Crippen LogP contribution in [0, 0.1) is 5.92 Å². The van der Waals surface area contributed by atoms with Crippen LogP contribution in [0.15, 0.2) is 91.0 Å². The molecule has 1 aliphatic heterocycles. The van der Waals surface area contributed by atoms with Gasteiger partial charge in [0, 0.05) is 5.92 Å². The summed E-state index contributed by atoms with van der Waals surface area (Å²) in [5, 5.41) is 0. The van der Waals surface area contributed by atoms with Crippen LogP contribution >= 0.6 is 0 Å². The predicted octanol–water partition coefficient (Wildman–Crippen LogP) is 5.66. The Hall–Kier alpha value is -2.95. The lowest BCUT2D eigenvalue weighted by Gasteiger charge is -2.32. The van der Waals surface area contributed by atoms with E-state index in [1.54, 1.807) is 0 Å². The average molecular weight is 458 g/mol. The number of rotatable bonds is 11. The van der Waals surface area contributed by atoms with Crippen LogP contribution in [-0.2, 0) is 33.9 Å². The number of carbonyl (C=O) groups is 1. The molecule has 0 unspecified atom stereocenters. The second kappa shape index (κ2) is 12.5. The molecule has 0 bridgehead atoms. The molecule has 1 fully saturated rings. The zero-order valence-electron chi connectivity index (χ0n) is 20.0. The standard InChI is InChI=1S/C30H35NO3/c1-24(19-25-11-5-2-6-12-25)30(32)31-28(22-33-20-26-13-7-3-8-14-26)17-18-29(31)23-34-21-27-15-9-4-10-16-27/h2-16,24,28-29H,17-23H2,1H3/t24-,28+,29+/m1/s1. The highest BCUT2D eigenvalue weighted by atomic mass is 16.5. The van der Waals surface area contributed by atoms with E-state index >= 15 is 0 Å². The van der Waals surface area contributed by atoms with E-state index in [0.29, 0.717) is 26.4 Å². The summed E-state index contributed by atoms with van der Waals surface area (Å²) in [6.45, 7) is 4.27. The SMILES string of the molecule is C[C@H](Cc1ccccc1)C(=O)N1[C@H](COCc2ccccc2)CC[C@H]1COCc1ccccc1. The summed E-state index contributed by atoms with van der Waals surface area (Å²) in [4.78, 5) is 15.7. The summed E-state index contributed by atoms with van der Waals surface area (Å²) in [7, 11) is 0. The van der Waals surface area contributed by atoms with Gasteiger partial charge in [-0.05, 0) is 36.0 Å². The summed E-state index contributed by atoms with van der Waals surface area (Å²) >= 11 is 0. The molecule has 0 spiro atoms. The predicted molar refractivity (Wildman–Crippen MR) is 135 cm³/mol. The largest absolute Gasteiger partial charge is 0.375 e. The van der Waals surface area contributed by atoms with Gasteiger partial charge in [-0.3, -0.25) is 4.79 Å². The minimum atomic E-state index is -0.0891. The van der Waals surface area contributed by atoms with E-state index in [4.69, 9.17) is 9.47 Å². The number of carbonyl (C=O) groups excluding carboxylic acids is 1. The normalized spacial score (nSPS) is 18.7. The molecule has 0 N–H and O–H groups in total. The highest BCUT2D eigenvalue weighted by molar-refractivity contribution is 5.80. The molecule has 1 saturated heterocycles. The molecule has 1 aliphatic rings. The maximum Gasteiger partial charge on any atom is 0.226 e. The third kappa shape index (κ3) is 6.78. The number of hydrogen-bond acceptors (Lipinski definition) is 3. The summed E-state index contributed by atoms with van der Waals surface area (Å²) < 4.78 is 12.1. The van der Waals surface area contributed by atoms with Gasteiger partial charge >= 0.3 is 0 Å². The first-order chi connectivity index (χ1) is 16.7. The zero-order valence-corrected chi connectivity index (χ0v) is 20.0. The molecule has 4 nitrogen and oxygen atoms in total. The number of benzene rings is 3. The lowest BCUT2D eigenvalue weighted by Crippen LogP contribution is -2.47. The summed E-state index contributed by atoms with van der Waals surface area (Å²) in [5.74, 6) is 0.108. The smallest absolute Gasteiger partial charge is 0.226 e. The molecule has 0 radical (unpaired) electrons. The Balaban J connectivity index is 1.38. The second-order valence-electron chi connectivity index (χ2n) is 9.22. The monoisotopic (exact) mass is 457 g/mol. The van der Waals surface area contributed by atoms with Crippen molar-refractivity contribution in [3.05, 3.63) is 108 Å². The van der Waals surface area contributed by atoms with Gasteiger partial charge in [-0.2, -0.15) is 0 Å². The summed E-state index contributed by atoms with van der Waals surface area (Å²) in [5.41, 5.74) is 3.49. The maximum atomic E-state index is 13.7. The van der Waals surface area contributed by atoms with Crippen LogP contribution in [0.25, 0.3) is 0 Å². The summed E-state index contributed by atoms with van der Waals surface area (Å²) in [6.07, 6.45) is 2.63. The molecule has 3 aromatic rings. The molecule has 3 aromatic carbocycles. The molecule has 0 aliphatic carbocycles. The van der Waals surface area contributed by atoms with Crippen LogP contribution in [0.4, 0.5) is 0 Å². The molecule has 1 amide bonds. The van der Waals surface area contributed by atoms with Gasteiger partial charge in [0.15, 0.2) is 0 Å². The maximum absolute atomic E-state index is 13.7. The quantitative estimate of drug-likeness (QED) is 0.373. The first-order valence-electron chi connectivity index (χ1n) is 12.3. The Bertz CT molecular complexity index is 940. The van der Waals surface area contributed by atoms with Crippen LogP contribution in [0.5, 0.6) is 0 Å². The minimum absolute atomic E-state index is 0.0831. The van der Waals surface area contributed by atoms with E-state index in [1.807, 2.05) is 61.5 Å². The third-order valence-electron chi connectivity index (χ3n) is 6.52. The lowest BCUT2D eigenvalue weighted by molar-refractivity contribution is -0.140. The van der Waals surface area contributed by atoms with E-state index < -0.39 is 0 Å². The summed E-state index contributed by atoms with van der Waals surface area (Å²) in [6, 6.07) is 30.8. The number of ether oxygens (including phenoxy) is 2. The van der Waals surface area contributed by atoms with Crippen molar-refractivity contribution in [2.75, 3.05) is 13.2 Å². The van der Waals surface area contributed by atoms with Gasteiger partial charge in [0.1, 0.15) is 0 Å². The van der Waals surface area contributed by atoms with Gasteiger partial charge in [-0.1, -0.05) is 97.9 Å². The molecule has 0 saturated carbocycles. The van der Waals surface area contributed by atoms with Crippen molar-refractivity contribution < 1.29 is 14.3 Å². The number of hydrogen-bond donors (Lipinski definition) is 0. The minimum Gasteiger partial charge on any atom is -0.375 e. The van der Waals surface area contributed by atoms with Crippen molar-refractivity contribution in [1.29, 1.82) is 0 Å². The van der Waals surface area contributed by atoms with Gasteiger partial charge in [0.2, 0.25) is 5.91 Å². The van der Waals surface area contributed by atoms with Crippen molar-refractivity contribution in [3.63, 3.8) is 0 Å². The first kappa shape index (κ1) is 24.2. The van der Waals surface area contributed by atoms with Gasteiger partial charge in [-0.25, -0.2) is 0 Å². The van der Waals surface area contributed by atoms with E-state index in [9.17, 15) is 4.79 Å². The van der Waals surface area contributed by atoms with E-state index in [0.717, 1.165) is 30.4 Å². The van der Waals surface area contributed by atoms with Gasteiger partial charge in [-0.15, -0.1) is 0 Å². The number of likely N-dealkylation sites (tertiary alicyclic amines) is 1. The van der Waals surface area contributed by atoms with Gasteiger partial charge in [0.05, 0.1) is 38.5 Å². The Labute approximate surface area is 203 Å². The second-order valence-corrected chi connectivity index (χ2v) is 9.22. The Kier molecular flexibility index (Phi) is 8.89. The Morgan fingerprint density at radius 3 is 1.59 bits per heavy atom. The van der Waals surface area contributed by atoms with E-state index in [1.165, 1.54) is 5.56 Å². The van der Waals surface area contributed by atoms with Crippen molar-refractivity contribution in [1.82, 2.24) is 4.90 Å². The van der Waals surface area contributed by atoms with Crippen LogP contribution < -0.4 is 0 Å². The van der Waals surface area contributed by atoms with Crippen LogP contribution in [0.1, 0.15) is 36.5 Å². The van der Waals surface area contributed by atoms with Crippen molar-refractivity contribution >= 4 is 5.91 Å². The fourth-order valence-electron chi connectivity index (χ4n) is 4.73. The van der Waals surface area contributed by atoms with Crippen LogP contribution in [-0.4, -0.2) is 36.1 Å². The molecule has 3 atom stereocenters. The molecular formula is C30H35NO3. The van der Waals surface area contributed by atoms with Crippen molar-refractivity contribution in [2.45, 2.75) is 51.5 Å². The van der Waals surface area contributed by atoms with Crippen molar-refractivity contribution in [3.8, 4) is 0 Å². The van der Waals surface area contributed by atoms with E-state index in [-0.39, 0.29) is 23.9 Å². The fourth-order valence-corrected chi connectivity index (χ4v) is 4.73. The van der Waals surface area contributed by atoms with Gasteiger partial charge < -0.3 is 14.4 Å². The highest BCUT2D eigenvalue weighted by Gasteiger charge is 2.38. The van der Waals surface area contributed by atoms with Crippen LogP contribution in [0.3, 0.4) is 0 Å². The highest BCUT2D eigenvalue weighted by Crippen LogP contribution is 2.28. The zero-order chi connectivity index (χ0) is 23.6. The molecule has 0 aromatic heterocycles. The van der Waals surface area contributed by atoms with Gasteiger partial charge in [0.25, 0.3) is 0 Å². The molecule has 4 heteroatoms. The third-order valence-corrected chi connectivity index (χ3v) is 6.52. The first-order valence-corrected chi connectivity index (χ1v) is 12.3. The van der Waals surface area contributed by atoms with Crippen LogP contribution in [0.2, 0.25) is 0 Å². The fraction of sp³-hybridized carbons (Fsp3) is 0.367. The molecular weight excluding hydrogens is 422 g/mol. The molecule has 1 heterocycles. The number of nitrogens with zero attached hydrogens (tertiary/aromatic N) is 1. The molecule has 34 heavy (non-hydrogen) atoms. The average Bonchev–Trinajstić information content (AvgIpc) is 3.28. The number of amides is 1. The molecule has 178 valence electrons. The Morgan fingerprint density at radius 2 is 1.15 bits per heavy atom. The lowest BCUT2D eigenvalue weighted by atomic mass is 9.99. The van der Waals surface area contributed by atoms with Crippen molar-refractivity contribution in [2.24, 2.45) is 5.92 Å². The molecule has 4 rings (SSSR count). The topological polar surface area (TPSA) is 38.8 Å².